The number of carbonyl (C=O) groups is 1. The lowest BCUT2D eigenvalue weighted by molar-refractivity contribution is 0.0697. The average Bonchev–Trinajstić information content (AvgIpc) is 2.48. The molecule has 0 aromatic heterocycles. The monoisotopic (exact) mass is 293 g/mol. The number of halogens is 2. The molecule has 0 aliphatic rings. The summed E-state index contributed by atoms with van der Waals surface area (Å²) in [4.78, 5) is 10.7. The fraction of sp³-hybridized carbons (Fsp3) is 0.133. The van der Waals surface area contributed by atoms with Crippen LogP contribution in [0.4, 0.5) is 14.5 Å². The van der Waals surface area contributed by atoms with E-state index in [1.165, 1.54) is 36.4 Å². The van der Waals surface area contributed by atoms with Gasteiger partial charge in [0.15, 0.2) is 11.6 Å². The van der Waals surface area contributed by atoms with E-state index in [2.05, 4.69) is 5.32 Å². The summed E-state index contributed by atoms with van der Waals surface area (Å²) < 4.78 is 31.7. The quantitative estimate of drug-likeness (QED) is 0.803. The van der Waals surface area contributed by atoms with Crippen LogP contribution in [0.1, 0.15) is 10.4 Å². The second-order valence-corrected chi connectivity index (χ2v) is 4.21. The Kier molecular flexibility index (Phi) is 4.71. The summed E-state index contributed by atoms with van der Waals surface area (Å²) in [5.74, 6) is -2.35. The molecule has 0 aliphatic carbocycles. The van der Waals surface area contributed by atoms with E-state index in [1.54, 1.807) is 0 Å². The largest absolute Gasteiger partial charge is 0.492 e. The van der Waals surface area contributed by atoms with Crippen molar-refractivity contribution >= 4 is 11.7 Å². The zero-order valence-electron chi connectivity index (χ0n) is 11.0. The van der Waals surface area contributed by atoms with E-state index in [0.29, 0.717) is 5.75 Å². The van der Waals surface area contributed by atoms with Crippen LogP contribution in [0.25, 0.3) is 0 Å². The Morgan fingerprint density at radius 2 is 1.86 bits per heavy atom. The minimum atomic E-state index is -1.01. The van der Waals surface area contributed by atoms with E-state index in [9.17, 15) is 13.6 Å². The summed E-state index contributed by atoms with van der Waals surface area (Å²) in [5, 5.41) is 11.5. The fourth-order valence-corrected chi connectivity index (χ4v) is 1.69. The predicted octanol–water partition coefficient (Wildman–Crippen LogP) is 3.15. The lowest BCUT2D eigenvalue weighted by Crippen LogP contribution is -2.12. The standard InChI is InChI=1S/C15H13F2NO3/c16-12-2-1-3-13(14(12)17)18-8-9-21-11-6-4-10(5-7-11)15(19)20/h1-7,18H,8-9H2,(H,19,20). The molecular weight excluding hydrogens is 280 g/mol. The van der Waals surface area contributed by atoms with E-state index in [-0.39, 0.29) is 24.4 Å². The lowest BCUT2D eigenvalue weighted by Gasteiger charge is -2.09. The Bertz CT molecular complexity index is 629. The van der Waals surface area contributed by atoms with Crippen LogP contribution in [0.2, 0.25) is 0 Å². The van der Waals surface area contributed by atoms with Gasteiger partial charge in [-0.25, -0.2) is 13.6 Å². The molecule has 6 heteroatoms. The molecule has 2 aromatic rings. The molecule has 21 heavy (non-hydrogen) atoms. The molecule has 0 bridgehead atoms. The average molecular weight is 293 g/mol. The molecular formula is C15H13F2NO3. The normalized spacial score (nSPS) is 10.2. The van der Waals surface area contributed by atoms with E-state index in [4.69, 9.17) is 9.84 Å². The molecule has 0 fully saturated rings. The van der Waals surface area contributed by atoms with Crippen molar-refractivity contribution in [1.82, 2.24) is 0 Å². The van der Waals surface area contributed by atoms with Crippen molar-refractivity contribution in [3.8, 4) is 5.75 Å². The number of carboxylic acids is 1. The summed E-state index contributed by atoms with van der Waals surface area (Å²) in [5.41, 5.74) is 0.238. The van der Waals surface area contributed by atoms with E-state index in [1.807, 2.05) is 0 Å². The van der Waals surface area contributed by atoms with Crippen LogP contribution in [0.5, 0.6) is 5.75 Å². The molecule has 2 aromatic carbocycles. The number of anilines is 1. The van der Waals surface area contributed by atoms with Gasteiger partial charge in [-0.3, -0.25) is 0 Å². The van der Waals surface area contributed by atoms with Crippen molar-refractivity contribution in [2.24, 2.45) is 0 Å². The topological polar surface area (TPSA) is 58.6 Å². The van der Waals surface area contributed by atoms with Crippen molar-refractivity contribution in [1.29, 1.82) is 0 Å². The number of carboxylic acid groups (broad SMARTS) is 1. The Labute approximate surface area is 120 Å². The molecule has 0 saturated heterocycles. The minimum Gasteiger partial charge on any atom is -0.492 e. The van der Waals surface area contributed by atoms with E-state index >= 15 is 0 Å². The molecule has 0 unspecified atom stereocenters. The molecule has 0 atom stereocenters. The first-order chi connectivity index (χ1) is 10.1. The summed E-state index contributed by atoms with van der Waals surface area (Å²) in [6.45, 7) is 0.503. The first-order valence-corrected chi connectivity index (χ1v) is 6.22. The first kappa shape index (κ1) is 14.8. The maximum Gasteiger partial charge on any atom is 0.335 e. The van der Waals surface area contributed by atoms with Gasteiger partial charge in [0.05, 0.1) is 11.3 Å². The molecule has 4 nitrogen and oxygen atoms in total. The van der Waals surface area contributed by atoms with Gasteiger partial charge >= 0.3 is 5.97 Å². The smallest absolute Gasteiger partial charge is 0.335 e. The van der Waals surface area contributed by atoms with Gasteiger partial charge in [0.25, 0.3) is 0 Å². The molecule has 2 rings (SSSR count). The third-order valence-electron chi connectivity index (χ3n) is 2.74. The summed E-state index contributed by atoms with van der Waals surface area (Å²) >= 11 is 0. The van der Waals surface area contributed by atoms with E-state index in [0.717, 1.165) is 6.07 Å². The molecule has 0 spiro atoms. The molecule has 110 valence electrons. The van der Waals surface area contributed by atoms with Crippen molar-refractivity contribution in [3.05, 3.63) is 59.7 Å². The predicted molar refractivity (Wildman–Crippen MR) is 73.7 cm³/mol. The van der Waals surface area contributed by atoms with Crippen LogP contribution >= 0.6 is 0 Å². The van der Waals surface area contributed by atoms with Gasteiger partial charge in [0, 0.05) is 6.54 Å². The highest BCUT2D eigenvalue weighted by molar-refractivity contribution is 5.87. The Balaban J connectivity index is 1.82. The van der Waals surface area contributed by atoms with Gasteiger partial charge < -0.3 is 15.2 Å². The van der Waals surface area contributed by atoms with Crippen molar-refractivity contribution in [3.63, 3.8) is 0 Å². The fourth-order valence-electron chi connectivity index (χ4n) is 1.69. The third-order valence-corrected chi connectivity index (χ3v) is 2.74. The van der Waals surface area contributed by atoms with Gasteiger partial charge in [0.1, 0.15) is 12.4 Å². The maximum atomic E-state index is 13.3. The molecule has 0 saturated carbocycles. The van der Waals surface area contributed by atoms with E-state index < -0.39 is 17.6 Å². The van der Waals surface area contributed by atoms with Crippen LogP contribution in [-0.2, 0) is 0 Å². The molecule has 0 radical (unpaired) electrons. The number of aromatic carboxylic acids is 1. The molecule has 0 aliphatic heterocycles. The number of ether oxygens (including phenoxy) is 1. The zero-order chi connectivity index (χ0) is 15.2. The number of rotatable bonds is 6. The molecule has 0 amide bonds. The Hall–Kier alpha value is -2.63. The van der Waals surface area contributed by atoms with Gasteiger partial charge in [-0.2, -0.15) is 0 Å². The molecule has 2 N–H and O–H groups in total. The second-order valence-electron chi connectivity index (χ2n) is 4.21. The highest BCUT2D eigenvalue weighted by Gasteiger charge is 2.06. The van der Waals surface area contributed by atoms with Crippen LogP contribution in [0.3, 0.4) is 0 Å². The van der Waals surface area contributed by atoms with Crippen molar-refractivity contribution in [2.75, 3.05) is 18.5 Å². The number of hydrogen-bond acceptors (Lipinski definition) is 3. The van der Waals surface area contributed by atoms with Crippen LogP contribution < -0.4 is 10.1 Å². The van der Waals surface area contributed by atoms with Crippen molar-refractivity contribution in [2.45, 2.75) is 0 Å². The van der Waals surface area contributed by atoms with Gasteiger partial charge in [0.2, 0.25) is 0 Å². The Morgan fingerprint density at radius 3 is 2.52 bits per heavy atom. The van der Waals surface area contributed by atoms with Crippen LogP contribution in [0, 0.1) is 11.6 Å². The highest BCUT2D eigenvalue weighted by Crippen LogP contribution is 2.16. The van der Waals surface area contributed by atoms with Crippen molar-refractivity contribution < 1.29 is 23.4 Å². The summed E-state index contributed by atoms with van der Waals surface area (Å²) in [7, 11) is 0. The zero-order valence-corrected chi connectivity index (χ0v) is 11.0. The molecule has 0 heterocycles. The SMILES string of the molecule is O=C(O)c1ccc(OCCNc2cccc(F)c2F)cc1. The minimum absolute atomic E-state index is 0.0693. The highest BCUT2D eigenvalue weighted by atomic mass is 19.2. The van der Waals surface area contributed by atoms with Crippen LogP contribution in [-0.4, -0.2) is 24.2 Å². The lowest BCUT2D eigenvalue weighted by atomic mass is 10.2. The second kappa shape index (κ2) is 6.69. The van der Waals surface area contributed by atoms with Gasteiger partial charge in [-0.1, -0.05) is 6.07 Å². The number of nitrogens with one attached hydrogen (secondary N) is 1. The number of benzene rings is 2. The summed E-state index contributed by atoms with van der Waals surface area (Å²) in [6.07, 6.45) is 0. The number of hydrogen-bond donors (Lipinski definition) is 2. The maximum absolute atomic E-state index is 13.3. The summed E-state index contributed by atoms with van der Waals surface area (Å²) in [6, 6.07) is 9.81. The van der Waals surface area contributed by atoms with Gasteiger partial charge in [-0.15, -0.1) is 0 Å². The third kappa shape index (κ3) is 3.92. The van der Waals surface area contributed by atoms with Crippen LogP contribution in [0.15, 0.2) is 42.5 Å². The Morgan fingerprint density at radius 1 is 1.14 bits per heavy atom. The first-order valence-electron chi connectivity index (χ1n) is 6.22. The van der Waals surface area contributed by atoms with Gasteiger partial charge in [-0.05, 0) is 36.4 Å².